The van der Waals surface area contributed by atoms with Crippen molar-refractivity contribution < 1.29 is 8.42 Å². The van der Waals surface area contributed by atoms with E-state index in [1.54, 1.807) is 13.8 Å². The van der Waals surface area contributed by atoms with E-state index >= 15 is 0 Å². The Balaban J connectivity index is 2.33. The molecular formula is C15H15Cl2NO2S. The summed E-state index contributed by atoms with van der Waals surface area (Å²) in [6.07, 6.45) is 0. The summed E-state index contributed by atoms with van der Waals surface area (Å²) in [6, 6.07) is 11.9. The fraction of sp³-hybridized carbons (Fsp3) is 0.200. The van der Waals surface area contributed by atoms with E-state index in [4.69, 9.17) is 23.2 Å². The third-order valence-electron chi connectivity index (χ3n) is 3.21. The van der Waals surface area contributed by atoms with Gasteiger partial charge in [-0.15, -0.1) is 0 Å². The molecule has 0 fully saturated rings. The van der Waals surface area contributed by atoms with Crippen molar-refractivity contribution in [2.24, 2.45) is 0 Å². The lowest BCUT2D eigenvalue weighted by Gasteiger charge is -2.16. The maximum absolute atomic E-state index is 12.5. The average Bonchev–Trinajstić information content (AvgIpc) is 2.45. The second kappa shape index (κ2) is 6.36. The Morgan fingerprint density at radius 3 is 2.29 bits per heavy atom. The minimum Gasteiger partial charge on any atom is -0.207 e. The molecule has 0 aliphatic carbocycles. The number of halogens is 2. The Morgan fingerprint density at radius 1 is 1.05 bits per heavy atom. The second-order valence-electron chi connectivity index (χ2n) is 4.74. The molecule has 0 heterocycles. The van der Waals surface area contributed by atoms with Crippen LogP contribution in [-0.2, 0) is 10.0 Å². The van der Waals surface area contributed by atoms with Crippen LogP contribution in [0.3, 0.4) is 0 Å². The molecule has 0 bridgehead atoms. The molecule has 0 saturated heterocycles. The molecule has 0 aliphatic rings. The van der Waals surface area contributed by atoms with Crippen molar-refractivity contribution in [2.45, 2.75) is 24.8 Å². The Morgan fingerprint density at radius 2 is 1.67 bits per heavy atom. The van der Waals surface area contributed by atoms with E-state index in [1.807, 2.05) is 30.3 Å². The van der Waals surface area contributed by atoms with Gasteiger partial charge in [-0.1, -0.05) is 53.5 Å². The lowest BCUT2D eigenvalue weighted by Crippen LogP contribution is -2.27. The van der Waals surface area contributed by atoms with Crippen molar-refractivity contribution in [2.75, 3.05) is 0 Å². The summed E-state index contributed by atoms with van der Waals surface area (Å²) in [5.74, 6) is 0. The summed E-state index contributed by atoms with van der Waals surface area (Å²) < 4.78 is 27.5. The smallest absolute Gasteiger partial charge is 0.207 e. The maximum Gasteiger partial charge on any atom is 0.242 e. The van der Waals surface area contributed by atoms with Gasteiger partial charge in [0.05, 0.1) is 5.02 Å². The molecule has 112 valence electrons. The Hall–Kier alpha value is -1.07. The maximum atomic E-state index is 12.5. The zero-order chi connectivity index (χ0) is 15.6. The monoisotopic (exact) mass is 343 g/mol. The largest absolute Gasteiger partial charge is 0.242 e. The lowest BCUT2D eigenvalue weighted by atomic mass is 10.1. The topological polar surface area (TPSA) is 46.2 Å². The summed E-state index contributed by atoms with van der Waals surface area (Å²) in [5.41, 5.74) is 1.43. The quantitative estimate of drug-likeness (QED) is 0.897. The van der Waals surface area contributed by atoms with Gasteiger partial charge < -0.3 is 0 Å². The van der Waals surface area contributed by atoms with E-state index < -0.39 is 10.0 Å². The zero-order valence-corrected chi connectivity index (χ0v) is 13.9. The molecule has 0 aliphatic heterocycles. The Kier molecular flexibility index (Phi) is 4.94. The molecule has 2 rings (SSSR count). The van der Waals surface area contributed by atoms with Gasteiger partial charge in [-0.3, -0.25) is 0 Å². The predicted molar refractivity (Wildman–Crippen MR) is 86.4 cm³/mol. The van der Waals surface area contributed by atoms with Gasteiger partial charge in [-0.2, -0.15) is 0 Å². The van der Waals surface area contributed by atoms with Gasteiger partial charge in [0.2, 0.25) is 10.0 Å². The number of nitrogens with one attached hydrogen (secondary N) is 1. The first-order valence-electron chi connectivity index (χ1n) is 6.35. The Labute approximate surface area is 135 Å². The minimum atomic E-state index is -3.72. The lowest BCUT2D eigenvalue weighted by molar-refractivity contribution is 0.567. The summed E-state index contributed by atoms with van der Waals surface area (Å²) in [7, 11) is -3.72. The first kappa shape index (κ1) is 16.3. The van der Waals surface area contributed by atoms with Crippen molar-refractivity contribution in [1.29, 1.82) is 0 Å². The van der Waals surface area contributed by atoms with Crippen molar-refractivity contribution in [1.82, 2.24) is 4.72 Å². The molecule has 6 heteroatoms. The molecule has 1 N–H and O–H groups in total. The van der Waals surface area contributed by atoms with E-state index in [1.165, 1.54) is 12.1 Å². The molecule has 1 atom stereocenters. The fourth-order valence-corrected chi connectivity index (χ4v) is 3.99. The summed E-state index contributed by atoms with van der Waals surface area (Å²) in [5, 5.41) is 0.588. The molecule has 0 spiro atoms. The molecule has 21 heavy (non-hydrogen) atoms. The second-order valence-corrected chi connectivity index (χ2v) is 7.21. The molecular weight excluding hydrogens is 329 g/mol. The normalized spacial score (nSPS) is 13.1. The third kappa shape index (κ3) is 3.58. The van der Waals surface area contributed by atoms with Gasteiger partial charge in [0.15, 0.2) is 0 Å². The van der Waals surface area contributed by atoms with Crippen molar-refractivity contribution >= 4 is 33.2 Å². The average molecular weight is 344 g/mol. The van der Waals surface area contributed by atoms with Crippen LogP contribution in [-0.4, -0.2) is 8.42 Å². The van der Waals surface area contributed by atoms with E-state index in [-0.39, 0.29) is 16.0 Å². The van der Waals surface area contributed by atoms with Crippen LogP contribution in [0.25, 0.3) is 0 Å². The number of benzene rings is 2. The van der Waals surface area contributed by atoms with E-state index in [9.17, 15) is 8.42 Å². The predicted octanol–water partition coefficient (Wildman–Crippen LogP) is 4.34. The number of rotatable bonds is 4. The van der Waals surface area contributed by atoms with Crippen LogP contribution in [0.5, 0.6) is 0 Å². The van der Waals surface area contributed by atoms with Crippen molar-refractivity contribution in [3.05, 3.63) is 63.6 Å². The molecule has 0 saturated carbocycles. The van der Waals surface area contributed by atoms with E-state index in [2.05, 4.69) is 4.72 Å². The first-order valence-corrected chi connectivity index (χ1v) is 8.58. The number of hydrogen-bond acceptors (Lipinski definition) is 2. The summed E-state index contributed by atoms with van der Waals surface area (Å²) in [4.78, 5) is 0.0360. The highest BCUT2D eigenvalue weighted by atomic mass is 35.5. The summed E-state index contributed by atoms with van der Waals surface area (Å²) >= 11 is 12.0. The molecule has 0 radical (unpaired) electrons. The molecule has 2 aromatic carbocycles. The molecule has 0 amide bonds. The molecule has 3 nitrogen and oxygen atoms in total. The number of hydrogen-bond donors (Lipinski definition) is 1. The van der Waals surface area contributed by atoms with Gasteiger partial charge >= 0.3 is 0 Å². The third-order valence-corrected chi connectivity index (χ3v) is 5.80. The fourth-order valence-electron chi connectivity index (χ4n) is 1.95. The zero-order valence-electron chi connectivity index (χ0n) is 11.6. The van der Waals surface area contributed by atoms with Gasteiger partial charge in [0.25, 0.3) is 0 Å². The first-order chi connectivity index (χ1) is 9.83. The summed E-state index contributed by atoms with van der Waals surface area (Å²) in [6.45, 7) is 3.47. The van der Waals surface area contributed by atoms with Gasteiger partial charge in [-0.25, -0.2) is 13.1 Å². The van der Waals surface area contributed by atoms with Crippen LogP contribution in [0.15, 0.2) is 47.4 Å². The minimum absolute atomic E-state index is 0.0360. The van der Waals surface area contributed by atoms with E-state index in [0.29, 0.717) is 10.6 Å². The van der Waals surface area contributed by atoms with Gasteiger partial charge in [-0.05, 0) is 37.1 Å². The molecule has 2 aromatic rings. The van der Waals surface area contributed by atoms with Crippen molar-refractivity contribution in [3.63, 3.8) is 0 Å². The van der Waals surface area contributed by atoms with Crippen LogP contribution in [0, 0.1) is 6.92 Å². The highest BCUT2D eigenvalue weighted by Crippen LogP contribution is 2.30. The van der Waals surface area contributed by atoms with Crippen LogP contribution in [0.1, 0.15) is 24.1 Å². The van der Waals surface area contributed by atoms with Gasteiger partial charge in [0.1, 0.15) is 4.90 Å². The van der Waals surface area contributed by atoms with Crippen LogP contribution in [0.2, 0.25) is 10.0 Å². The molecule has 0 unspecified atom stereocenters. The van der Waals surface area contributed by atoms with E-state index in [0.717, 1.165) is 5.56 Å². The van der Waals surface area contributed by atoms with Crippen molar-refractivity contribution in [3.8, 4) is 0 Å². The van der Waals surface area contributed by atoms with Crippen LogP contribution < -0.4 is 4.72 Å². The highest BCUT2D eigenvalue weighted by Gasteiger charge is 2.22. The van der Waals surface area contributed by atoms with Crippen LogP contribution in [0.4, 0.5) is 0 Å². The van der Waals surface area contributed by atoms with Gasteiger partial charge in [0, 0.05) is 11.1 Å². The SMILES string of the molecule is Cc1c(Cl)ccc(S(=O)(=O)N[C@@H](C)c2ccccc2)c1Cl. The highest BCUT2D eigenvalue weighted by molar-refractivity contribution is 7.89. The standard InChI is InChI=1S/C15H15Cl2NO2S/c1-10-13(16)8-9-14(15(10)17)21(19,20)18-11(2)12-6-4-3-5-7-12/h3-9,11,18H,1-2H3/t11-/m0/s1. The Bertz CT molecular complexity index is 746. The number of sulfonamides is 1. The van der Waals surface area contributed by atoms with Crippen LogP contribution >= 0.6 is 23.2 Å². The molecule has 0 aromatic heterocycles.